The van der Waals surface area contributed by atoms with E-state index >= 15 is 0 Å². The van der Waals surface area contributed by atoms with Crippen LogP contribution in [0.3, 0.4) is 0 Å². The highest BCUT2D eigenvalue weighted by Crippen LogP contribution is 2.19. The minimum absolute atomic E-state index is 0.258. The van der Waals surface area contributed by atoms with Gasteiger partial charge in [-0.25, -0.2) is 9.37 Å². The molecule has 4 nitrogen and oxygen atoms in total. The summed E-state index contributed by atoms with van der Waals surface area (Å²) in [5.74, 6) is 1.05. The lowest BCUT2D eigenvalue weighted by Gasteiger charge is -2.03. The number of fused-ring (bicyclic) bond motifs is 1. The molecule has 0 saturated heterocycles. The van der Waals surface area contributed by atoms with Crippen molar-refractivity contribution in [2.24, 2.45) is 0 Å². The molecule has 24 heavy (non-hydrogen) atoms. The zero-order valence-electron chi connectivity index (χ0n) is 12.9. The molecular weight excluding hydrogens is 303 g/mol. The Hall–Kier alpha value is -3.08. The SMILES string of the molecule is Fc1ccc(-c2ccnc3nc(CCc4ccccc4)nn23)cc1. The zero-order chi connectivity index (χ0) is 16.4. The van der Waals surface area contributed by atoms with Crippen LogP contribution in [0.2, 0.25) is 0 Å². The molecule has 0 amide bonds. The number of hydrogen-bond donors (Lipinski definition) is 0. The maximum absolute atomic E-state index is 13.1. The molecule has 0 unspecified atom stereocenters. The van der Waals surface area contributed by atoms with Crippen molar-refractivity contribution in [3.05, 3.63) is 84.1 Å². The monoisotopic (exact) mass is 318 g/mol. The molecule has 0 N–H and O–H groups in total. The number of nitrogens with zero attached hydrogens (tertiary/aromatic N) is 4. The maximum Gasteiger partial charge on any atom is 0.252 e. The fourth-order valence-corrected chi connectivity index (χ4v) is 2.68. The molecule has 0 radical (unpaired) electrons. The fraction of sp³-hybridized carbons (Fsp3) is 0.105. The average molecular weight is 318 g/mol. The summed E-state index contributed by atoms with van der Waals surface area (Å²) in [5, 5.41) is 4.58. The van der Waals surface area contributed by atoms with Crippen LogP contribution in [0.4, 0.5) is 4.39 Å². The topological polar surface area (TPSA) is 43.1 Å². The van der Waals surface area contributed by atoms with Crippen molar-refractivity contribution >= 4 is 5.78 Å². The highest BCUT2D eigenvalue weighted by molar-refractivity contribution is 5.61. The Morgan fingerprint density at radius 1 is 0.875 bits per heavy atom. The summed E-state index contributed by atoms with van der Waals surface area (Å²) >= 11 is 0. The predicted octanol–water partition coefficient (Wildman–Crippen LogP) is 3.72. The average Bonchev–Trinajstić information content (AvgIpc) is 3.05. The molecule has 0 fully saturated rings. The molecule has 0 atom stereocenters. The normalized spacial score (nSPS) is 11.0. The Labute approximate surface area is 138 Å². The molecule has 0 aliphatic heterocycles. The molecule has 5 heteroatoms. The lowest BCUT2D eigenvalue weighted by atomic mass is 10.1. The molecular formula is C19H15FN4. The minimum Gasteiger partial charge on any atom is -0.220 e. The Morgan fingerprint density at radius 3 is 2.46 bits per heavy atom. The van der Waals surface area contributed by atoms with E-state index < -0.39 is 0 Å². The number of benzene rings is 2. The molecule has 118 valence electrons. The van der Waals surface area contributed by atoms with Gasteiger partial charge < -0.3 is 0 Å². The summed E-state index contributed by atoms with van der Waals surface area (Å²) in [6.45, 7) is 0. The van der Waals surface area contributed by atoms with E-state index in [9.17, 15) is 4.39 Å². The smallest absolute Gasteiger partial charge is 0.220 e. The van der Waals surface area contributed by atoms with Crippen LogP contribution >= 0.6 is 0 Å². The highest BCUT2D eigenvalue weighted by Gasteiger charge is 2.10. The Bertz CT molecular complexity index is 962. The minimum atomic E-state index is -0.258. The van der Waals surface area contributed by atoms with E-state index in [4.69, 9.17) is 0 Å². The van der Waals surface area contributed by atoms with E-state index in [0.29, 0.717) is 5.78 Å². The number of halogens is 1. The van der Waals surface area contributed by atoms with E-state index in [1.807, 2.05) is 24.3 Å². The van der Waals surface area contributed by atoms with E-state index in [1.54, 1.807) is 22.8 Å². The van der Waals surface area contributed by atoms with Gasteiger partial charge in [0.2, 0.25) is 0 Å². The molecule has 2 aromatic carbocycles. The molecule has 0 saturated carbocycles. The molecule has 4 aromatic rings. The first kappa shape index (κ1) is 14.5. The number of rotatable bonds is 4. The summed E-state index contributed by atoms with van der Waals surface area (Å²) in [6, 6.07) is 18.5. The first-order chi connectivity index (χ1) is 11.8. The van der Waals surface area contributed by atoms with Gasteiger partial charge in [-0.15, -0.1) is 5.10 Å². The van der Waals surface area contributed by atoms with Gasteiger partial charge in [0, 0.05) is 18.2 Å². The van der Waals surface area contributed by atoms with Gasteiger partial charge in [-0.1, -0.05) is 30.3 Å². The summed E-state index contributed by atoms with van der Waals surface area (Å²) in [4.78, 5) is 8.77. The quantitative estimate of drug-likeness (QED) is 0.576. The van der Waals surface area contributed by atoms with Crippen LogP contribution < -0.4 is 0 Å². The lowest BCUT2D eigenvalue weighted by molar-refractivity contribution is 0.628. The van der Waals surface area contributed by atoms with Gasteiger partial charge in [-0.05, 0) is 42.3 Å². The van der Waals surface area contributed by atoms with E-state index in [0.717, 1.165) is 29.9 Å². The molecule has 4 rings (SSSR count). The predicted molar refractivity (Wildman–Crippen MR) is 90.0 cm³/mol. The Kier molecular flexibility index (Phi) is 3.75. The van der Waals surface area contributed by atoms with Gasteiger partial charge >= 0.3 is 0 Å². The largest absolute Gasteiger partial charge is 0.252 e. The van der Waals surface area contributed by atoms with Gasteiger partial charge in [0.05, 0.1) is 5.69 Å². The fourth-order valence-electron chi connectivity index (χ4n) is 2.68. The van der Waals surface area contributed by atoms with Gasteiger partial charge in [-0.3, -0.25) is 0 Å². The Morgan fingerprint density at radius 2 is 1.67 bits per heavy atom. The van der Waals surface area contributed by atoms with Crippen LogP contribution in [0.15, 0.2) is 66.9 Å². The second-order valence-corrected chi connectivity index (χ2v) is 5.56. The van der Waals surface area contributed by atoms with Gasteiger partial charge in [-0.2, -0.15) is 9.50 Å². The summed E-state index contributed by atoms with van der Waals surface area (Å²) in [5.41, 5.74) is 2.98. The summed E-state index contributed by atoms with van der Waals surface area (Å²) < 4.78 is 14.9. The third-order valence-corrected chi connectivity index (χ3v) is 3.90. The van der Waals surface area contributed by atoms with E-state index in [1.165, 1.54) is 17.7 Å². The van der Waals surface area contributed by atoms with Crippen LogP contribution in [0.25, 0.3) is 17.0 Å². The van der Waals surface area contributed by atoms with Gasteiger partial charge in [0.15, 0.2) is 5.82 Å². The van der Waals surface area contributed by atoms with Crippen LogP contribution in [0.5, 0.6) is 0 Å². The van der Waals surface area contributed by atoms with E-state index in [-0.39, 0.29) is 5.82 Å². The third kappa shape index (κ3) is 2.88. The van der Waals surface area contributed by atoms with Gasteiger partial charge in [0.1, 0.15) is 5.82 Å². The van der Waals surface area contributed by atoms with Crippen LogP contribution in [-0.2, 0) is 12.8 Å². The Balaban J connectivity index is 1.65. The lowest BCUT2D eigenvalue weighted by Crippen LogP contribution is -1.97. The maximum atomic E-state index is 13.1. The van der Waals surface area contributed by atoms with Crippen molar-refractivity contribution in [3.8, 4) is 11.3 Å². The third-order valence-electron chi connectivity index (χ3n) is 3.90. The molecule has 2 heterocycles. The van der Waals surface area contributed by atoms with Crippen molar-refractivity contribution in [1.29, 1.82) is 0 Å². The van der Waals surface area contributed by atoms with Gasteiger partial charge in [0.25, 0.3) is 5.78 Å². The van der Waals surface area contributed by atoms with Crippen molar-refractivity contribution in [1.82, 2.24) is 19.6 Å². The van der Waals surface area contributed by atoms with Crippen LogP contribution in [-0.4, -0.2) is 19.6 Å². The molecule has 2 aromatic heterocycles. The number of aromatic nitrogens is 4. The second-order valence-electron chi connectivity index (χ2n) is 5.56. The number of hydrogen-bond acceptors (Lipinski definition) is 3. The van der Waals surface area contributed by atoms with E-state index in [2.05, 4.69) is 27.2 Å². The molecule has 0 bridgehead atoms. The van der Waals surface area contributed by atoms with Crippen molar-refractivity contribution in [3.63, 3.8) is 0 Å². The standard InChI is InChI=1S/C19H15FN4/c20-16-9-7-15(8-10-16)17-12-13-21-19-22-18(23-24(17)19)11-6-14-4-2-1-3-5-14/h1-5,7-10,12-13H,6,11H2. The first-order valence-electron chi connectivity index (χ1n) is 7.80. The van der Waals surface area contributed by atoms with Crippen LogP contribution in [0, 0.1) is 5.82 Å². The molecule has 0 spiro atoms. The number of aryl methyl sites for hydroxylation is 2. The van der Waals surface area contributed by atoms with Crippen LogP contribution in [0.1, 0.15) is 11.4 Å². The van der Waals surface area contributed by atoms with Crippen molar-refractivity contribution in [2.45, 2.75) is 12.8 Å². The highest BCUT2D eigenvalue weighted by atomic mass is 19.1. The molecule has 0 aliphatic carbocycles. The second kappa shape index (κ2) is 6.20. The van der Waals surface area contributed by atoms with Crippen molar-refractivity contribution in [2.75, 3.05) is 0 Å². The summed E-state index contributed by atoms with van der Waals surface area (Å²) in [7, 11) is 0. The zero-order valence-corrected chi connectivity index (χ0v) is 12.9. The van der Waals surface area contributed by atoms with Crippen molar-refractivity contribution < 1.29 is 4.39 Å². The summed E-state index contributed by atoms with van der Waals surface area (Å²) in [6.07, 6.45) is 3.32. The molecule has 0 aliphatic rings. The first-order valence-corrected chi connectivity index (χ1v) is 7.80.